The highest BCUT2D eigenvalue weighted by molar-refractivity contribution is 5.32. The lowest BCUT2D eigenvalue weighted by Gasteiger charge is -2.20. The highest BCUT2D eigenvalue weighted by Gasteiger charge is 2.10. The Hall–Kier alpha value is -2.12. The molecule has 0 aliphatic heterocycles. The first-order valence-electron chi connectivity index (χ1n) is 7.63. The van der Waals surface area contributed by atoms with Crippen LogP contribution in [0.25, 0.3) is 0 Å². The van der Waals surface area contributed by atoms with Crippen molar-refractivity contribution >= 4 is 0 Å². The summed E-state index contributed by atoms with van der Waals surface area (Å²) in [6.07, 6.45) is 5.97. The first-order chi connectivity index (χ1) is 10.3. The molecule has 0 radical (unpaired) electrons. The molecule has 0 aliphatic rings. The Morgan fingerprint density at radius 2 is 1.86 bits per heavy atom. The lowest BCUT2D eigenvalue weighted by molar-refractivity contribution is 0.679. The fourth-order valence-corrected chi connectivity index (χ4v) is 1.93. The maximum atomic E-state index is 5.99. The Morgan fingerprint density at radius 3 is 2.27 bits per heavy atom. The van der Waals surface area contributed by atoms with Crippen LogP contribution >= 0.6 is 0 Å². The second-order valence-electron chi connectivity index (χ2n) is 5.56. The Kier molecular flexibility index (Phi) is 8.81. The van der Waals surface area contributed by atoms with Gasteiger partial charge >= 0.3 is 0 Å². The molecule has 3 nitrogen and oxygen atoms in total. The largest absolute Gasteiger partial charge is 0.391 e. The molecule has 1 unspecified atom stereocenters. The molecule has 0 amide bonds. The van der Waals surface area contributed by atoms with Gasteiger partial charge in [0.1, 0.15) is 0 Å². The minimum Gasteiger partial charge on any atom is -0.391 e. The zero-order valence-corrected chi connectivity index (χ0v) is 14.9. The minimum atomic E-state index is 0.101. The van der Waals surface area contributed by atoms with E-state index in [0.29, 0.717) is 17.3 Å². The molecular weight excluding hydrogens is 270 g/mol. The summed E-state index contributed by atoms with van der Waals surface area (Å²) in [5.74, 6) is 0.443. The van der Waals surface area contributed by atoms with E-state index in [1.165, 1.54) is 11.3 Å². The van der Waals surface area contributed by atoms with Gasteiger partial charge in [-0.15, -0.1) is 0 Å². The van der Waals surface area contributed by atoms with Crippen LogP contribution < -0.4 is 16.4 Å². The monoisotopic (exact) mass is 301 g/mol. The molecule has 1 atom stereocenters. The molecule has 0 aliphatic carbocycles. The molecule has 0 saturated carbocycles. The topological polar surface area (TPSA) is 50.1 Å². The number of rotatable bonds is 8. The molecule has 0 bridgehead atoms. The van der Waals surface area contributed by atoms with Gasteiger partial charge in [-0.25, -0.2) is 0 Å². The summed E-state index contributed by atoms with van der Waals surface area (Å²) >= 11 is 0. The van der Waals surface area contributed by atoms with Gasteiger partial charge in [-0.2, -0.15) is 0 Å². The van der Waals surface area contributed by atoms with Crippen LogP contribution in [0.2, 0.25) is 0 Å². The van der Waals surface area contributed by atoms with E-state index in [0.717, 1.165) is 5.57 Å². The van der Waals surface area contributed by atoms with Gasteiger partial charge in [0.25, 0.3) is 0 Å². The zero-order chi connectivity index (χ0) is 17.3. The fraction of sp³-hybridized carbons (Fsp3) is 0.421. The van der Waals surface area contributed by atoms with Crippen molar-refractivity contribution in [3.8, 4) is 0 Å². The molecule has 0 aromatic heterocycles. The third-order valence-electron chi connectivity index (χ3n) is 3.42. The quantitative estimate of drug-likeness (QED) is 0.472. The van der Waals surface area contributed by atoms with Crippen molar-refractivity contribution in [2.75, 3.05) is 7.05 Å². The van der Waals surface area contributed by atoms with Crippen LogP contribution in [0.5, 0.6) is 0 Å². The number of hydrogen-bond acceptors (Lipinski definition) is 3. The van der Waals surface area contributed by atoms with Crippen molar-refractivity contribution in [1.82, 2.24) is 10.6 Å². The SMILES string of the molecule is C=CC(C)=C=C(N)C(=C)NC(C)C(/C=C(\NC)C(C)C)=C/C. The summed E-state index contributed by atoms with van der Waals surface area (Å²) in [5.41, 5.74) is 13.5. The zero-order valence-electron chi connectivity index (χ0n) is 14.9. The summed E-state index contributed by atoms with van der Waals surface area (Å²) in [6, 6.07) is 0.101. The molecule has 4 N–H and O–H groups in total. The molecule has 0 fully saturated rings. The molecule has 0 spiro atoms. The Labute approximate surface area is 136 Å². The van der Waals surface area contributed by atoms with Crippen LogP contribution in [0.15, 0.2) is 65.4 Å². The highest BCUT2D eigenvalue weighted by Crippen LogP contribution is 2.14. The smallest absolute Gasteiger partial charge is 0.0980 e. The summed E-state index contributed by atoms with van der Waals surface area (Å²) in [4.78, 5) is 0. The first kappa shape index (κ1) is 19.9. The van der Waals surface area contributed by atoms with Crippen molar-refractivity contribution in [3.63, 3.8) is 0 Å². The normalized spacial score (nSPS) is 13.2. The van der Waals surface area contributed by atoms with Gasteiger partial charge in [-0.1, -0.05) is 44.9 Å². The molecule has 3 heteroatoms. The summed E-state index contributed by atoms with van der Waals surface area (Å²) in [6.45, 7) is 18.0. The van der Waals surface area contributed by atoms with Crippen LogP contribution in [0.1, 0.15) is 34.6 Å². The molecule has 22 heavy (non-hydrogen) atoms. The average molecular weight is 301 g/mol. The highest BCUT2D eigenvalue weighted by atomic mass is 14.9. The lowest BCUT2D eigenvalue weighted by Crippen LogP contribution is -2.29. The van der Waals surface area contributed by atoms with Crippen LogP contribution in [0.4, 0.5) is 0 Å². The molecule has 0 heterocycles. The van der Waals surface area contributed by atoms with Gasteiger partial charge in [-0.3, -0.25) is 0 Å². The molecule has 0 rings (SSSR count). The van der Waals surface area contributed by atoms with E-state index < -0.39 is 0 Å². The third kappa shape index (κ3) is 6.55. The van der Waals surface area contributed by atoms with Crippen LogP contribution in [0.3, 0.4) is 0 Å². The molecule has 122 valence electrons. The van der Waals surface area contributed by atoms with E-state index in [1.54, 1.807) is 6.08 Å². The summed E-state index contributed by atoms with van der Waals surface area (Å²) < 4.78 is 0. The molecule has 0 aromatic carbocycles. The van der Waals surface area contributed by atoms with E-state index in [9.17, 15) is 0 Å². The second kappa shape index (κ2) is 9.75. The number of hydrogen-bond donors (Lipinski definition) is 3. The van der Waals surface area contributed by atoms with Gasteiger partial charge < -0.3 is 16.4 Å². The average Bonchev–Trinajstić information content (AvgIpc) is 2.47. The van der Waals surface area contributed by atoms with E-state index in [2.05, 4.69) is 62.4 Å². The van der Waals surface area contributed by atoms with Gasteiger partial charge in [-0.05, 0) is 43.9 Å². The standard InChI is InChI=1S/C19H31N3/c1-9-14(5)11-18(20)16(7)22-15(6)17(10-2)12-19(21-8)13(3)4/h9-10,12-13,15,21-22H,1,7,20H2,2-6,8H3/b17-10+,19-12-. The number of nitrogens with one attached hydrogen (secondary N) is 2. The van der Waals surface area contributed by atoms with Crippen molar-refractivity contribution < 1.29 is 0 Å². The predicted octanol–water partition coefficient (Wildman–Crippen LogP) is 3.76. The Morgan fingerprint density at radius 1 is 1.27 bits per heavy atom. The Bertz CT molecular complexity index is 527. The van der Waals surface area contributed by atoms with Gasteiger partial charge in [0.05, 0.1) is 11.4 Å². The maximum Gasteiger partial charge on any atom is 0.0980 e. The van der Waals surface area contributed by atoms with Crippen LogP contribution in [0, 0.1) is 5.92 Å². The van der Waals surface area contributed by atoms with Crippen LogP contribution in [-0.4, -0.2) is 13.1 Å². The van der Waals surface area contributed by atoms with E-state index >= 15 is 0 Å². The molecular formula is C19H31N3. The van der Waals surface area contributed by atoms with Crippen molar-refractivity contribution in [3.05, 3.63) is 65.4 Å². The predicted molar refractivity (Wildman–Crippen MR) is 98.1 cm³/mol. The maximum absolute atomic E-state index is 5.99. The first-order valence-corrected chi connectivity index (χ1v) is 7.63. The van der Waals surface area contributed by atoms with Gasteiger partial charge in [0.15, 0.2) is 0 Å². The Balaban J connectivity index is 5.19. The van der Waals surface area contributed by atoms with Crippen molar-refractivity contribution in [2.24, 2.45) is 11.7 Å². The summed E-state index contributed by atoms with van der Waals surface area (Å²) in [7, 11) is 1.94. The second-order valence-corrected chi connectivity index (χ2v) is 5.56. The van der Waals surface area contributed by atoms with Crippen molar-refractivity contribution in [1.29, 1.82) is 0 Å². The fourth-order valence-electron chi connectivity index (χ4n) is 1.93. The van der Waals surface area contributed by atoms with Crippen molar-refractivity contribution in [2.45, 2.75) is 40.7 Å². The van der Waals surface area contributed by atoms with E-state index in [1.807, 2.05) is 20.9 Å². The lowest BCUT2D eigenvalue weighted by atomic mass is 10.0. The molecule has 0 aromatic rings. The minimum absolute atomic E-state index is 0.101. The summed E-state index contributed by atoms with van der Waals surface area (Å²) in [5, 5.41) is 6.57. The van der Waals surface area contributed by atoms with Gasteiger partial charge in [0.2, 0.25) is 0 Å². The third-order valence-corrected chi connectivity index (χ3v) is 3.42. The van der Waals surface area contributed by atoms with Crippen LogP contribution in [-0.2, 0) is 0 Å². The number of nitrogens with two attached hydrogens (primary N) is 1. The van der Waals surface area contributed by atoms with E-state index in [4.69, 9.17) is 5.73 Å². The molecule has 0 saturated heterocycles. The van der Waals surface area contributed by atoms with E-state index in [-0.39, 0.29) is 6.04 Å². The number of allylic oxidation sites excluding steroid dienone is 3. The van der Waals surface area contributed by atoms with Gasteiger partial charge in [0, 0.05) is 18.8 Å².